The first-order valence-electron chi connectivity index (χ1n) is 9.58. The highest BCUT2D eigenvalue weighted by Gasteiger charge is 2.57. The Morgan fingerprint density at radius 3 is 2.38 bits per heavy atom. The summed E-state index contributed by atoms with van der Waals surface area (Å²) in [4.78, 5) is 52.7. The first-order valence-corrected chi connectivity index (χ1v) is 10.5. The molecule has 160 valence electrons. The van der Waals surface area contributed by atoms with Crippen LogP contribution in [0, 0.1) is 22.9 Å². The second-order valence-corrected chi connectivity index (χ2v) is 8.49. The summed E-state index contributed by atoms with van der Waals surface area (Å²) in [5.41, 5.74) is 0.325. The first kappa shape index (κ1) is 20.0. The highest BCUT2D eigenvalue weighted by atomic mass is 32.1. The van der Waals surface area contributed by atoms with Crippen molar-refractivity contribution < 1.29 is 23.7 Å². The molecule has 2 aliphatic rings. The van der Waals surface area contributed by atoms with Gasteiger partial charge in [0.05, 0.1) is 16.1 Å². The molecule has 0 aliphatic carbocycles. The van der Waals surface area contributed by atoms with E-state index >= 15 is 0 Å². The number of nitrogens with zero attached hydrogens (tertiary/aromatic N) is 3. The minimum absolute atomic E-state index is 0.0122. The maximum atomic E-state index is 14.2. The van der Waals surface area contributed by atoms with Crippen LogP contribution in [0.4, 0.5) is 15.8 Å². The van der Waals surface area contributed by atoms with E-state index in [0.29, 0.717) is 11.3 Å². The summed E-state index contributed by atoms with van der Waals surface area (Å²) < 4.78 is 14.2. The lowest BCUT2D eigenvalue weighted by Crippen LogP contribution is -2.67. The van der Waals surface area contributed by atoms with Crippen molar-refractivity contribution in [3.63, 3.8) is 0 Å². The topological polar surface area (TPSA) is 101 Å². The second kappa shape index (κ2) is 7.06. The van der Waals surface area contributed by atoms with Gasteiger partial charge in [0.1, 0.15) is 17.9 Å². The van der Waals surface area contributed by atoms with Gasteiger partial charge >= 0.3 is 0 Å². The summed E-state index contributed by atoms with van der Waals surface area (Å²) in [5.74, 6) is -2.45. The molecule has 2 unspecified atom stereocenters. The van der Waals surface area contributed by atoms with E-state index in [1.165, 1.54) is 28.4 Å². The number of fused-ring (bicyclic) bond motifs is 1. The van der Waals surface area contributed by atoms with Gasteiger partial charge in [-0.15, -0.1) is 11.3 Å². The van der Waals surface area contributed by atoms with Gasteiger partial charge in [0.25, 0.3) is 23.4 Å². The molecule has 1 aromatic heterocycles. The number of halogens is 1. The molecule has 3 heterocycles. The van der Waals surface area contributed by atoms with E-state index in [2.05, 4.69) is 0 Å². The average molecular weight is 451 g/mol. The largest absolute Gasteiger partial charge is 0.299 e. The van der Waals surface area contributed by atoms with Crippen LogP contribution in [0.1, 0.15) is 37.2 Å². The van der Waals surface area contributed by atoms with Crippen molar-refractivity contribution in [2.24, 2.45) is 0 Å². The molecular weight excluding hydrogens is 437 g/mol. The number of carbonyl (C=O) groups is 3. The number of imide groups is 1. The Hall–Kier alpha value is -3.92. The quantitative estimate of drug-likeness (QED) is 0.260. The Balaban J connectivity index is 1.56. The van der Waals surface area contributed by atoms with Gasteiger partial charge in [0, 0.05) is 22.7 Å². The first-order chi connectivity index (χ1) is 15.3. The van der Waals surface area contributed by atoms with Crippen molar-refractivity contribution >= 4 is 40.4 Å². The number of benzene rings is 2. The molecular formula is C22H14FN3O5S. The zero-order valence-electron chi connectivity index (χ0n) is 16.5. The predicted molar refractivity (Wildman–Crippen MR) is 113 cm³/mol. The monoisotopic (exact) mass is 451 g/mol. The van der Waals surface area contributed by atoms with Gasteiger partial charge in [-0.25, -0.2) is 4.39 Å². The fourth-order valence-corrected chi connectivity index (χ4v) is 4.95. The minimum atomic E-state index is -1.13. The van der Waals surface area contributed by atoms with E-state index in [-0.39, 0.29) is 16.8 Å². The number of β-lactam (4-membered cyclic amide) rings is 1. The molecule has 0 bridgehead atoms. The Morgan fingerprint density at radius 1 is 0.969 bits per heavy atom. The number of aryl methyl sites for hydroxylation is 1. The van der Waals surface area contributed by atoms with E-state index in [9.17, 15) is 28.9 Å². The molecule has 32 heavy (non-hydrogen) atoms. The van der Waals surface area contributed by atoms with Crippen molar-refractivity contribution in [1.29, 1.82) is 0 Å². The maximum Gasteiger partial charge on any atom is 0.270 e. The lowest BCUT2D eigenvalue weighted by atomic mass is 9.90. The number of rotatable bonds is 4. The van der Waals surface area contributed by atoms with Crippen LogP contribution in [0.15, 0.2) is 53.9 Å². The highest BCUT2D eigenvalue weighted by Crippen LogP contribution is 2.45. The number of hydrogen-bond acceptors (Lipinski definition) is 6. The lowest BCUT2D eigenvalue weighted by Gasteiger charge is -2.49. The van der Waals surface area contributed by atoms with Gasteiger partial charge in [-0.3, -0.25) is 34.3 Å². The van der Waals surface area contributed by atoms with Gasteiger partial charge in [0.15, 0.2) is 0 Å². The Labute approximate surface area is 184 Å². The van der Waals surface area contributed by atoms with E-state index in [1.807, 2.05) is 0 Å². The molecule has 2 aromatic carbocycles. The number of nitro groups is 1. The van der Waals surface area contributed by atoms with Gasteiger partial charge in [-0.1, -0.05) is 12.1 Å². The van der Waals surface area contributed by atoms with Crippen molar-refractivity contribution in [1.82, 2.24) is 4.90 Å². The molecule has 5 rings (SSSR count). The SMILES string of the molecule is Cc1ccc(N2C(=O)C(N3C(=O)c4ccc([N+](=O)[O-])cc4C3=O)C2c2cccs2)cc1F. The normalized spacial score (nSPS) is 19.9. The van der Waals surface area contributed by atoms with E-state index in [0.717, 1.165) is 21.9 Å². The Kier molecular flexibility index (Phi) is 4.41. The average Bonchev–Trinajstić information content (AvgIpc) is 3.37. The minimum Gasteiger partial charge on any atom is -0.299 e. The fraction of sp³-hybridized carbons (Fsp3) is 0.136. The Morgan fingerprint density at radius 2 is 1.72 bits per heavy atom. The molecule has 2 aliphatic heterocycles. The van der Waals surface area contributed by atoms with Crippen molar-refractivity contribution in [2.45, 2.75) is 19.0 Å². The molecule has 10 heteroatoms. The molecule has 2 atom stereocenters. The predicted octanol–water partition coefficient (Wildman–Crippen LogP) is 3.86. The molecule has 0 radical (unpaired) electrons. The summed E-state index contributed by atoms with van der Waals surface area (Å²) >= 11 is 1.34. The van der Waals surface area contributed by atoms with Crippen LogP contribution < -0.4 is 4.90 Å². The summed E-state index contributed by atoms with van der Waals surface area (Å²) in [6.07, 6.45) is 0. The van der Waals surface area contributed by atoms with E-state index in [4.69, 9.17) is 0 Å². The van der Waals surface area contributed by atoms with Gasteiger partial charge in [-0.05, 0) is 42.1 Å². The molecule has 0 spiro atoms. The summed E-state index contributed by atoms with van der Waals surface area (Å²) in [7, 11) is 0. The van der Waals surface area contributed by atoms with Gasteiger partial charge in [-0.2, -0.15) is 0 Å². The number of non-ortho nitro benzene ring substituents is 1. The van der Waals surface area contributed by atoms with E-state index in [1.54, 1.807) is 36.6 Å². The van der Waals surface area contributed by atoms with Crippen LogP contribution in [0.5, 0.6) is 0 Å². The smallest absolute Gasteiger partial charge is 0.270 e. The number of anilines is 1. The standard InChI is InChI=1S/C22H14FN3O5S/c1-11-4-5-12(10-16(11)23)24-18(17-3-2-8-32-17)19(22(24)29)25-20(27)14-7-6-13(26(30)31)9-15(14)21(25)28/h2-10,18-19H,1H3. The number of nitro benzene ring substituents is 1. The molecule has 8 nitrogen and oxygen atoms in total. The molecule has 3 amide bonds. The summed E-state index contributed by atoms with van der Waals surface area (Å²) in [5, 5.41) is 12.9. The third-order valence-electron chi connectivity index (χ3n) is 5.73. The van der Waals surface area contributed by atoms with Crippen LogP contribution in [0.25, 0.3) is 0 Å². The number of carbonyl (C=O) groups excluding carboxylic acids is 3. The van der Waals surface area contributed by atoms with Crippen molar-refractivity contribution in [3.8, 4) is 0 Å². The zero-order valence-corrected chi connectivity index (χ0v) is 17.3. The van der Waals surface area contributed by atoms with Crippen LogP contribution in [-0.2, 0) is 4.79 Å². The van der Waals surface area contributed by atoms with Crippen LogP contribution in [0.3, 0.4) is 0 Å². The fourth-order valence-electron chi connectivity index (χ4n) is 4.10. The number of thiophene rings is 1. The van der Waals surface area contributed by atoms with Crippen LogP contribution in [-0.4, -0.2) is 33.6 Å². The summed E-state index contributed by atoms with van der Waals surface area (Å²) in [6, 6.07) is 9.55. The molecule has 0 saturated carbocycles. The molecule has 0 N–H and O–H groups in total. The maximum absolute atomic E-state index is 14.2. The third kappa shape index (κ3) is 2.76. The van der Waals surface area contributed by atoms with Crippen LogP contribution in [0.2, 0.25) is 0 Å². The molecule has 1 fully saturated rings. The summed E-state index contributed by atoms with van der Waals surface area (Å²) in [6.45, 7) is 1.61. The number of amides is 3. The highest BCUT2D eigenvalue weighted by molar-refractivity contribution is 7.10. The molecule has 3 aromatic rings. The second-order valence-electron chi connectivity index (χ2n) is 7.51. The van der Waals surface area contributed by atoms with Gasteiger partial charge in [0.2, 0.25) is 0 Å². The zero-order chi connectivity index (χ0) is 22.7. The lowest BCUT2D eigenvalue weighted by molar-refractivity contribution is -0.384. The van der Waals surface area contributed by atoms with Crippen molar-refractivity contribution in [2.75, 3.05) is 4.90 Å². The van der Waals surface area contributed by atoms with Crippen LogP contribution >= 0.6 is 11.3 Å². The number of hydrogen-bond donors (Lipinski definition) is 0. The van der Waals surface area contributed by atoms with E-state index < -0.39 is 40.5 Å². The molecule has 1 saturated heterocycles. The van der Waals surface area contributed by atoms with Crippen molar-refractivity contribution in [3.05, 3.63) is 91.4 Å². The Bertz CT molecular complexity index is 1320. The third-order valence-corrected chi connectivity index (χ3v) is 6.67. The van der Waals surface area contributed by atoms with Gasteiger partial charge < -0.3 is 0 Å².